The maximum absolute atomic E-state index is 11.9. The molecular formula is C50H46O8. The average molecular weight is 775 g/mol. The Balaban J connectivity index is 1.19. The number of aliphatic hydroxyl groups is 2. The second kappa shape index (κ2) is 19.9. The van der Waals surface area contributed by atoms with Gasteiger partial charge in [0, 0.05) is 24.1 Å². The van der Waals surface area contributed by atoms with E-state index in [1.54, 1.807) is 18.2 Å². The van der Waals surface area contributed by atoms with E-state index < -0.39 is 12.2 Å². The van der Waals surface area contributed by atoms with Gasteiger partial charge in [-0.3, -0.25) is 0 Å². The summed E-state index contributed by atoms with van der Waals surface area (Å²) in [6.07, 6.45) is -2.97. The van der Waals surface area contributed by atoms with E-state index in [2.05, 4.69) is 0 Å². The topological polar surface area (TPSA) is 107 Å². The highest BCUT2D eigenvalue weighted by Gasteiger charge is 2.27. The number of hydrogen-bond donors (Lipinski definition) is 3. The van der Waals surface area contributed by atoms with Gasteiger partial charge in [0.2, 0.25) is 5.75 Å². The molecule has 0 bridgehead atoms. The summed E-state index contributed by atoms with van der Waals surface area (Å²) in [6, 6.07) is 55.1. The van der Waals surface area contributed by atoms with Gasteiger partial charge in [0.1, 0.15) is 56.4 Å². The maximum atomic E-state index is 11.9. The molecule has 294 valence electrons. The van der Waals surface area contributed by atoms with E-state index in [0.29, 0.717) is 39.9 Å². The fourth-order valence-electron chi connectivity index (χ4n) is 6.37. The Morgan fingerprint density at radius 1 is 0.397 bits per heavy atom. The van der Waals surface area contributed by atoms with Crippen molar-refractivity contribution in [2.75, 3.05) is 0 Å². The molecule has 7 aromatic carbocycles. The van der Waals surface area contributed by atoms with Crippen molar-refractivity contribution in [1.29, 1.82) is 0 Å². The highest BCUT2D eigenvalue weighted by atomic mass is 16.5. The second-order valence-electron chi connectivity index (χ2n) is 13.9. The van der Waals surface area contributed by atoms with Crippen molar-refractivity contribution in [2.24, 2.45) is 0 Å². The SMILES string of the molecule is Oc1cc(OCc2ccccc2)cc(OCc2ccccc2)c1C[C@H](O)[C@@H](O)c1cc(OCc2ccccc2)c(OCc2ccccc2)c(OCc2ccccc2)c1. The zero-order valence-corrected chi connectivity index (χ0v) is 32.0. The van der Waals surface area contributed by atoms with Crippen LogP contribution in [-0.2, 0) is 39.5 Å². The molecule has 0 radical (unpaired) electrons. The molecule has 0 heterocycles. The molecule has 0 spiro atoms. The van der Waals surface area contributed by atoms with Crippen LogP contribution in [0.15, 0.2) is 176 Å². The van der Waals surface area contributed by atoms with Crippen LogP contribution in [0.3, 0.4) is 0 Å². The van der Waals surface area contributed by atoms with Crippen LogP contribution in [0, 0.1) is 0 Å². The van der Waals surface area contributed by atoms with E-state index in [1.807, 2.05) is 152 Å². The Bertz CT molecular complexity index is 2240. The summed E-state index contributed by atoms with van der Waals surface area (Å²) in [5.41, 5.74) is 5.36. The molecule has 7 aromatic rings. The van der Waals surface area contributed by atoms with Gasteiger partial charge in [-0.1, -0.05) is 152 Å². The molecule has 2 atom stereocenters. The molecule has 0 amide bonds. The Hall–Kier alpha value is -6.74. The minimum atomic E-state index is -1.43. The van der Waals surface area contributed by atoms with Crippen molar-refractivity contribution in [1.82, 2.24) is 0 Å². The number of hydrogen-bond acceptors (Lipinski definition) is 8. The summed E-state index contributed by atoms with van der Waals surface area (Å²) in [6.45, 7) is 1.18. The Kier molecular flexibility index (Phi) is 13.6. The third-order valence-corrected chi connectivity index (χ3v) is 9.51. The number of rotatable bonds is 19. The summed E-state index contributed by atoms with van der Waals surface area (Å²) < 4.78 is 31.5. The quantitative estimate of drug-likeness (QED) is 0.0746. The van der Waals surface area contributed by atoms with Crippen molar-refractivity contribution >= 4 is 0 Å². The standard InChI is InChI=1S/C50H46O8/c51-44-28-42(54-31-36-16-6-1-7-17-36)29-46(55-32-37-18-8-2-9-19-37)43(44)30-45(52)49(53)41-26-47(56-33-38-20-10-3-11-21-38)50(58-35-40-24-14-5-15-25-40)48(27-41)57-34-39-22-12-4-13-23-39/h1-29,45,49,51-53H,30-35H2/t45-,49-/m0/s1. The fraction of sp³-hybridized carbons (Fsp3) is 0.160. The monoisotopic (exact) mass is 774 g/mol. The average Bonchev–Trinajstić information content (AvgIpc) is 3.28. The number of phenols is 1. The smallest absolute Gasteiger partial charge is 0.203 e. The van der Waals surface area contributed by atoms with Crippen LogP contribution in [0.5, 0.6) is 34.5 Å². The summed E-state index contributed by atoms with van der Waals surface area (Å²) in [5, 5.41) is 35.0. The number of aliphatic hydroxyl groups excluding tert-OH is 2. The minimum absolute atomic E-state index is 0.136. The molecule has 8 heteroatoms. The first-order chi connectivity index (χ1) is 28.5. The molecule has 0 aliphatic carbocycles. The highest BCUT2D eigenvalue weighted by molar-refractivity contribution is 5.55. The lowest BCUT2D eigenvalue weighted by atomic mass is 9.96. The first-order valence-corrected chi connectivity index (χ1v) is 19.2. The first kappa shape index (κ1) is 39.5. The van der Waals surface area contributed by atoms with Crippen LogP contribution >= 0.6 is 0 Å². The maximum Gasteiger partial charge on any atom is 0.203 e. The molecule has 0 aliphatic heterocycles. The zero-order valence-electron chi connectivity index (χ0n) is 32.0. The van der Waals surface area contributed by atoms with Crippen LogP contribution < -0.4 is 23.7 Å². The zero-order chi connectivity index (χ0) is 39.9. The van der Waals surface area contributed by atoms with E-state index in [-0.39, 0.29) is 45.2 Å². The third-order valence-electron chi connectivity index (χ3n) is 9.51. The molecule has 0 saturated carbocycles. The number of aromatic hydroxyl groups is 1. The number of phenolic OH excluding ortho intramolecular Hbond substituents is 1. The van der Waals surface area contributed by atoms with E-state index >= 15 is 0 Å². The minimum Gasteiger partial charge on any atom is -0.507 e. The normalized spacial score (nSPS) is 12.0. The molecule has 58 heavy (non-hydrogen) atoms. The van der Waals surface area contributed by atoms with Gasteiger partial charge in [0.15, 0.2) is 11.5 Å². The van der Waals surface area contributed by atoms with Crippen LogP contribution in [0.25, 0.3) is 0 Å². The highest BCUT2D eigenvalue weighted by Crippen LogP contribution is 2.43. The number of ether oxygens (including phenoxy) is 5. The van der Waals surface area contributed by atoms with E-state index in [0.717, 1.165) is 27.8 Å². The predicted molar refractivity (Wildman–Crippen MR) is 223 cm³/mol. The molecule has 8 nitrogen and oxygen atoms in total. The van der Waals surface area contributed by atoms with Crippen molar-refractivity contribution in [3.05, 3.63) is 215 Å². The molecule has 7 rings (SSSR count). The van der Waals surface area contributed by atoms with Crippen LogP contribution in [0.1, 0.15) is 45.0 Å². The molecule has 0 aromatic heterocycles. The number of benzene rings is 7. The molecule has 0 aliphatic rings. The first-order valence-electron chi connectivity index (χ1n) is 19.2. The molecule has 0 saturated heterocycles. The Morgan fingerprint density at radius 2 is 0.759 bits per heavy atom. The van der Waals surface area contributed by atoms with E-state index in [4.69, 9.17) is 23.7 Å². The van der Waals surface area contributed by atoms with E-state index in [9.17, 15) is 15.3 Å². The molecule has 0 fully saturated rings. The molecule has 0 unspecified atom stereocenters. The van der Waals surface area contributed by atoms with E-state index in [1.165, 1.54) is 6.07 Å². The van der Waals surface area contributed by atoms with Gasteiger partial charge < -0.3 is 39.0 Å². The lowest BCUT2D eigenvalue weighted by Gasteiger charge is -2.24. The lowest BCUT2D eigenvalue weighted by Crippen LogP contribution is -2.22. The summed E-state index contributed by atoms with van der Waals surface area (Å²) in [5.74, 6) is 1.61. The summed E-state index contributed by atoms with van der Waals surface area (Å²) >= 11 is 0. The molecular weight excluding hydrogens is 729 g/mol. The Labute approximate surface area is 339 Å². The van der Waals surface area contributed by atoms with Crippen molar-refractivity contribution < 1.29 is 39.0 Å². The summed E-state index contributed by atoms with van der Waals surface area (Å²) in [7, 11) is 0. The lowest BCUT2D eigenvalue weighted by molar-refractivity contribution is 0.0178. The predicted octanol–water partition coefficient (Wildman–Crippen LogP) is 9.92. The third kappa shape index (κ3) is 11.0. The van der Waals surface area contributed by atoms with Crippen LogP contribution in [-0.4, -0.2) is 21.4 Å². The van der Waals surface area contributed by atoms with Crippen molar-refractivity contribution in [3.8, 4) is 34.5 Å². The van der Waals surface area contributed by atoms with Crippen LogP contribution in [0.2, 0.25) is 0 Å². The second-order valence-corrected chi connectivity index (χ2v) is 13.9. The van der Waals surface area contributed by atoms with Crippen LogP contribution in [0.4, 0.5) is 0 Å². The molecule has 3 N–H and O–H groups in total. The van der Waals surface area contributed by atoms with Gasteiger partial charge >= 0.3 is 0 Å². The summed E-state index contributed by atoms with van der Waals surface area (Å²) in [4.78, 5) is 0. The van der Waals surface area contributed by atoms with Gasteiger partial charge in [0.05, 0.1) is 6.10 Å². The largest absolute Gasteiger partial charge is 0.507 e. The van der Waals surface area contributed by atoms with Crippen molar-refractivity contribution in [2.45, 2.75) is 51.7 Å². The van der Waals surface area contributed by atoms with Gasteiger partial charge in [-0.05, 0) is 45.5 Å². The van der Waals surface area contributed by atoms with Gasteiger partial charge in [0.25, 0.3) is 0 Å². The van der Waals surface area contributed by atoms with Crippen molar-refractivity contribution in [3.63, 3.8) is 0 Å². The van der Waals surface area contributed by atoms with Gasteiger partial charge in [-0.25, -0.2) is 0 Å². The van der Waals surface area contributed by atoms with Gasteiger partial charge in [-0.15, -0.1) is 0 Å². The van der Waals surface area contributed by atoms with Gasteiger partial charge in [-0.2, -0.15) is 0 Å². The Morgan fingerprint density at radius 3 is 1.17 bits per heavy atom. The fourth-order valence-corrected chi connectivity index (χ4v) is 6.37.